The predicted octanol–water partition coefficient (Wildman–Crippen LogP) is 0.335. The topological polar surface area (TPSA) is 55.8 Å². The maximum absolute atomic E-state index is 11.0. The molecule has 0 radical (unpaired) electrons. The van der Waals surface area contributed by atoms with E-state index in [2.05, 4.69) is 0 Å². The maximum atomic E-state index is 11.0. The molecule has 1 heterocycles. The molecule has 2 atom stereocenters. The first-order chi connectivity index (χ1) is 6.15. The third kappa shape index (κ3) is 2.67. The van der Waals surface area contributed by atoms with Gasteiger partial charge in [-0.2, -0.15) is 0 Å². The van der Waals surface area contributed by atoms with Crippen LogP contribution in [0.25, 0.3) is 0 Å². The van der Waals surface area contributed by atoms with Crippen molar-refractivity contribution in [3.05, 3.63) is 0 Å². The Kier molecular flexibility index (Phi) is 3.69. The Morgan fingerprint density at radius 3 is 2.77 bits per heavy atom. The summed E-state index contributed by atoms with van der Waals surface area (Å²) in [5, 5.41) is 8.97. The summed E-state index contributed by atoms with van der Waals surface area (Å²) in [5.41, 5.74) is 0. The van der Waals surface area contributed by atoms with E-state index in [1.54, 1.807) is 0 Å². The summed E-state index contributed by atoms with van der Waals surface area (Å²) in [6.45, 7) is 4.27. The molecule has 0 bridgehead atoms. The molecule has 2 unspecified atom stereocenters. The van der Waals surface area contributed by atoms with Gasteiger partial charge in [-0.15, -0.1) is 0 Å². The van der Waals surface area contributed by atoms with Gasteiger partial charge in [0.2, 0.25) is 0 Å². The van der Waals surface area contributed by atoms with Gasteiger partial charge in [0.05, 0.1) is 19.3 Å². The molecule has 1 aliphatic heterocycles. The summed E-state index contributed by atoms with van der Waals surface area (Å²) in [6, 6.07) is 0. The van der Waals surface area contributed by atoms with Gasteiger partial charge in [0.25, 0.3) is 0 Å². The number of aliphatic hydroxyl groups is 1. The van der Waals surface area contributed by atoms with Crippen LogP contribution in [0, 0.1) is 5.92 Å². The number of carbonyl (C=O) groups is 1. The summed E-state index contributed by atoms with van der Waals surface area (Å²) < 4.78 is 10.2. The Bertz CT molecular complexity index is 178. The molecule has 1 saturated heterocycles. The molecule has 1 N–H and O–H groups in total. The minimum absolute atomic E-state index is 0.0541. The van der Waals surface area contributed by atoms with Crippen molar-refractivity contribution in [2.75, 3.05) is 13.2 Å². The number of rotatable bonds is 4. The molecule has 0 amide bonds. The normalized spacial score (nSPS) is 24.9. The smallest absolute Gasteiger partial charge is 0.335 e. The molecular weight excluding hydrogens is 172 g/mol. The van der Waals surface area contributed by atoms with Gasteiger partial charge in [-0.25, -0.2) is 4.79 Å². The van der Waals surface area contributed by atoms with E-state index < -0.39 is 6.10 Å². The molecule has 1 rings (SSSR count). The highest BCUT2D eigenvalue weighted by molar-refractivity contribution is 5.76. The molecule has 1 fully saturated rings. The van der Waals surface area contributed by atoms with E-state index in [9.17, 15) is 4.79 Å². The van der Waals surface area contributed by atoms with Crippen molar-refractivity contribution in [2.24, 2.45) is 5.92 Å². The number of hydrogen-bond acceptors (Lipinski definition) is 4. The van der Waals surface area contributed by atoms with E-state index in [-0.39, 0.29) is 24.6 Å². The SMILES string of the molecule is CC(C)C(CO)OC1CCOC1=O. The van der Waals surface area contributed by atoms with Crippen molar-refractivity contribution >= 4 is 5.97 Å². The number of ether oxygens (including phenoxy) is 2. The molecule has 0 aromatic heterocycles. The Morgan fingerprint density at radius 2 is 2.38 bits per heavy atom. The molecule has 0 aliphatic carbocycles. The van der Waals surface area contributed by atoms with E-state index in [4.69, 9.17) is 14.6 Å². The molecule has 4 nitrogen and oxygen atoms in total. The second-order valence-electron chi connectivity index (χ2n) is 3.55. The van der Waals surface area contributed by atoms with Gasteiger partial charge in [0.1, 0.15) is 0 Å². The zero-order valence-corrected chi connectivity index (χ0v) is 8.03. The zero-order chi connectivity index (χ0) is 9.84. The van der Waals surface area contributed by atoms with Gasteiger partial charge in [0, 0.05) is 6.42 Å². The standard InChI is InChI=1S/C9H16O4/c1-6(2)8(5-10)13-7-3-4-12-9(7)11/h6-8,10H,3-5H2,1-2H3. The van der Waals surface area contributed by atoms with Gasteiger partial charge in [-0.1, -0.05) is 13.8 Å². The molecular formula is C9H16O4. The van der Waals surface area contributed by atoms with Crippen LogP contribution in [0.5, 0.6) is 0 Å². The van der Waals surface area contributed by atoms with Crippen LogP contribution in [0.3, 0.4) is 0 Å². The van der Waals surface area contributed by atoms with E-state index in [0.29, 0.717) is 13.0 Å². The predicted molar refractivity (Wildman–Crippen MR) is 46.2 cm³/mol. The highest BCUT2D eigenvalue weighted by Crippen LogP contribution is 2.16. The Labute approximate surface area is 77.8 Å². The van der Waals surface area contributed by atoms with Gasteiger partial charge in [0.15, 0.2) is 6.10 Å². The van der Waals surface area contributed by atoms with E-state index in [1.165, 1.54) is 0 Å². The fourth-order valence-corrected chi connectivity index (χ4v) is 1.22. The van der Waals surface area contributed by atoms with Crippen LogP contribution >= 0.6 is 0 Å². The van der Waals surface area contributed by atoms with Crippen molar-refractivity contribution in [3.8, 4) is 0 Å². The van der Waals surface area contributed by atoms with Gasteiger partial charge in [-0.3, -0.25) is 0 Å². The average molecular weight is 188 g/mol. The van der Waals surface area contributed by atoms with Crippen molar-refractivity contribution in [3.63, 3.8) is 0 Å². The lowest BCUT2D eigenvalue weighted by Crippen LogP contribution is -2.31. The third-order valence-corrected chi connectivity index (χ3v) is 2.15. The summed E-state index contributed by atoms with van der Waals surface area (Å²) in [5.74, 6) is -0.0995. The monoisotopic (exact) mass is 188 g/mol. The summed E-state index contributed by atoms with van der Waals surface area (Å²) in [4.78, 5) is 11.0. The van der Waals surface area contributed by atoms with Crippen molar-refractivity contribution < 1.29 is 19.4 Å². The molecule has 0 spiro atoms. The zero-order valence-electron chi connectivity index (χ0n) is 8.03. The first-order valence-electron chi connectivity index (χ1n) is 4.58. The highest BCUT2D eigenvalue weighted by atomic mass is 16.6. The lowest BCUT2D eigenvalue weighted by molar-refractivity contribution is -0.152. The van der Waals surface area contributed by atoms with Crippen LogP contribution in [-0.4, -0.2) is 36.5 Å². The van der Waals surface area contributed by atoms with Crippen LogP contribution in [0.1, 0.15) is 20.3 Å². The first-order valence-corrected chi connectivity index (χ1v) is 4.58. The average Bonchev–Trinajstić information content (AvgIpc) is 2.46. The van der Waals surface area contributed by atoms with Gasteiger partial charge < -0.3 is 14.6 Å². The van der Waals surface area contributed by atoms with Gasteiger partial charge in [-0.05, 0) is 5.92 Å². The van der Waals surface area contributed by atoms with Crippen LogP contribution in [0.15, 0.2) is 0 Å². The van der Waals surface area contributed by atoms with E-state index >= 15 is 0 Å². The van der Waals surface area contributed by atoms with Crippen LogP contribution in [-0.2, 0) is 14.3 Å². The van der Waals surface area contributed by atoms with E-state index in [1.807, 2.05) is 13.8 Å². The van der Waals surface area contributed by atoms with Crippen LogP contribution in [0.4, 0.5) is 0 Å². The molecule has 76 valence electrons. The Morgan fingerprint density at radius 1 is 1.69 bits per heavy atom. The molecule has 4 heteroatoms. The largest absolute Gasteiger partial charge is 0.464 e. The van der Waals surface area contributed by atoms with Crippen molar-refractivity contribution in [2.45, 2.75) is 32.5 Å². The van der Waals surface area contributed by atoms with E-state index in [0.717, 1.165) is 0 Å². The minimum atomic E-state index is -0.473. The molecule has 13 heavy (non-hydrogen) atoms. The maximum Gasteiger partial charge on any atom is 0.335 e. The lowest BCUT2D eigenvalue weighted by Gasteiger charge is -2.21. The quantitative estimate of drug-likeness (QED) is 0.646. The number of carbonyl (C=O) groups excluding carboxylic acids is 1. The molecule has 0 aromatic carbocycles. The third-order valence-electron chi connectivity index (χ3n) is 2.15. The molecule has 1 aliphatic rings. The van der Waals surface area contributed by atoms with Gasteiger partial charge >= 0.3 is 5.97 Å². The van der Waals surface area contributed by atoms with Crippen LogP contribution < -0.4 is 0 Å². The highest BCUT2D eigenvalue weighted by Gasteiger charge is 2.30. The first kappa shape index (κ1) is 10.5. The number of cyclic esters (lactones) is 1. The number of aliphatic hydroxyl groups excluding tert-OH is 1. The molecule has 0 saturated carbocycles. The number of hydrogen-bond donors (Lipinski definition) is 1. The lowest BCUT2D eigenvalue weighted by atomic mass is 10.1. The second-order valence-corrected chi connectivity index (χ2v) is 3.55. The Balaban J connectivity index is 2.41. The van der Waals surface area contributed by atoms with Crippen LogP contribution in [0.2, 0.25) is 0 Å². The summed E-state index contributed by atoms with van der Waals surface area (Å²) in [7, 11) is 0. The molecule has 0 aromatic rings. The fraction of sp³-hybridized carbons (Fsp3) is 0.889. The number of esters is 1. The van der Waals surface area contributed by atoms with Crippen molar-refractivity contribution in [1.29, 1.82) is 0 Å². The Hall–Kier alpha value is -0.610. The minimum Gasteiger partial charge on any atom is -0.464 e. The van der Waals surface area contributed by atoms with Crippen molar-refractivity contribution in [1.82, 2.24) is 0 Å². The fourth-order valence-electron chi connectivity index (χ4n) is 1.22. The second kappa shape index (κ2) is 4.58. The summed E-state index contributed by atoms with van der Waals surface area (Å²) >= 11 is 0. The summed E-state index contributed by atoms with van der Waals surface area (Å²) in [6.07, 6.45) is -0.141.